The maximum absolute atomic E-state index is 12.1. The average Bonchev–Trinajstić information content (AvgIpc) is 2.48. The lowest BCUT2D eigenvalue weighted by Crippen LogP contribution is -2.50. The van der Waals surface area contributed by atoms with E-state index in [4.69, 9.17) is 4.74 Å². The van der Waals surface area contributed by atoms with Crippen LogP contribution in [0.4, 0.5) is 10.5 Å². The van der Waals surface area contributed by atoms with E-state index in [1.54, 1.807) is 4.90 Å². The molecule has 2 rings (SSSR count). The molecule has 1 amide bonds. The largest absolute Gasteiger partial charge is 0.444 e. The molecule has 0 aromatic heterocycles. The van der Waals surface area contributed by atoms with Crippen LogP contribution in [0.2, 0.25) is 0 Å². The van der Waals surface area contributed by atoms with Crippen LogP contribution in [-0.2, 0) is 10.5 Å². The molecule has 0 unspecified atom stereocenters. The van der Waals surface area contributed by atoms with E-state index >= 15 is 0 Å². The van der Waals surface area contributed by atoms with Gasteiger partial charge in [-0.2, -0.15) is 12.6 Å². The number of hydrogen-bond acceptors (Lipinski definition) is 4. The van der Waals surface area contributed by atoms with Crippen molar-refractivity contribution < 1.29 is 9.53 Å². The summed E-state index contributed by atoms with van der Waals surface area (Å²) in [4.78, 5) is 16.3. The van der Waals surface area contributed by atoms with Gasteiger partial charge in [-0.25, -0.2) is 4.79 Å². The molecule has 1 aliphatic rings. The van der Waals surface area contributed by atoms with Gasteiger partial charge in [0.05, 0.1) is 0 Å². The van der Waals surface area contributed by atoms with E-state index in [2.05, 4.69) is 59.2 Å². The van der Waals surface area contributed by atoms with E-state index in [1.165, 1.54) is 20.4 Å². The first-order chi connectivity index (χ1) is 10.7. The number of piperazine rings is 1. The lowest BCUT2D eigenvalue weighted by atomic mass is 10.1. The zero-order valence-corrected chi connectivity index (χ0v) is 17.3. The van der Waals surface area contributed by atoms with Crippen molar-refractivity contribution in [2.45, 2.75) is 39.0 Å². The summed E-state index contributed by atoms with van der Waals surface area (Å²) in [5.41, 5.74) is 3.34. The molecule has 1 aliphatic heterocycles. The standard InChI is InChI=1S/C17H25IN2O2S/c1-12-13(11-23)9-14(10-15(12)18)19-5-7-20(8-6-19)16(21)22-17(2,3)4/h9-10,23H,5-8,11H2,1-4H3. The van der Waals surface area contributed by atoms with Gasteiger partial charge < -0.3 is 14.5 Å². The minimum Gasteiger partial charge on any atom is -0.444 e. The Bertz CT molecular complexity index is 579. The van der Waals surface area contributed by atoms with Gasteiger partial charge in [0.1, 0.15) is 5.60 Å². The van der Waals surface area contributed by atoms with Crippen molar-refractivity contribution in [2.24, 2.45) is 0 Å². The maximum atomic E-state index is 12.1. The Morgan fingerprint density at radius 2 is 1.87 bits per heavy atom. The van der Waals surface area contributed by atoms with Crippen LogP contribution in [0.25, 0.3) is 0 Å². The number of nitrogens with zero attached hydrogens (tertiary/aromatic N) is 2. The predicted molar refractivity (Wildman–Crippen MR) is 107 cm³/mol. The second kappa shape index (κ2) is 7.51. The van der Waals surface area contributed by atoms with Crippen molar-refractivity contribution in [1.82, 2.24) is 4.90 Å². The SMILES string of the molecule is Cc1c(I)cc(N2CCN(C(=O)OC(C)(C)C)CC2)cc1CS. The molecule has 0 atom stereocenters. The Kier molecular flexibility index (Phi) is 6.10. The summed E-state index contributed by atoms with van der Waals surface area (Å²) < 4.78 is 6.71. The molecule has 0 bridgehead atoms. The van der Waals surface area contributed by atoms with Gasteiger partial charge in [0, 0.05) is 41.2 Å². The van der Waals surface area contributed by atoms with Crippen molar-refractivity contribution in [3.05, 3.63) is 26.8 Å². The summed E-state index contributed by atoms with van der Waals surface area (Å²) in [5, 5.41) is 0. The van der Waals surface area contributed by atoms with Crippen molar-refractivity contribution in [1.29, 1.82) is 0 Å². The zero-order chi connectivity index (χ0) is 17.2. The number of hydrogen-bond donors (Lipinski definition) is 1. The van der Waals surface area contributed by atoms with Crippen molar-refractivity contribution in [2.75, 3.05) is 31.1 Å². The zero-order valence-electron chi connectivity index (χ0n) is 14.2. The molecule has 1 saturated heterocycles. The molecule has 0 N–H and O–H groups in total. The number of carbonyl (C=O) groups is 1. The third-order valence-electron chi connectivity index (χ3n) is 3.90. The van der Waals surface area contributed by atoms with E-state index in [0.717, 1.165) is 18.8 Å². The number of anilines is 1. The maximum Gasteiger partial charge on any atom is 0.410 e. The number of thiol groups is 1. The molecule has 1 aromatic carbocycles. The third kappa shape index (κ3) is 4.92. The molecule has 128 valence electrons. The smallest absolute Gasteiger partial charge is 0.410 e. The van der Waals surface area contributed by atoms with E-state index in [0.29, 0.717) is 13.1 Å². The lowest BCUT2D eigenvalue weighted by Gasteiger charge is -2.37. The molecule has 0 saturated carbocycles. The lowest BCUT2D eigenvalue weighted by molar-refractivity contribution is 0.0240. The molecule has 0 spiro atoms. The fraction of sp³-hybridized carbons (Fsp3) is 0.588. The van der Waals surface area contributed by atoms with Crippen LogP contribution >= 0.6 is 35.2 Å². The Hall–Kier alpha value is -0.630. The predicted octanol–water partition coefficient (Wildman–Crippen LogP) is 4.09. The number of ether oxygens (including phenoxy) is 1. The number of halogens is 1. The second-order valence-corrected chi connectivity index (χ2v) is 8.30. The molecule has 0 aliphatic carbocycles. The van der Waals surface area contributed by atoms with Crippen LogP contribution in [0, 0.1) is 10.5 Å². The quantitative estimate of drug-likeness (QED) is 0.547. The van der Waals surface area contributed by atoms with Crippen LogP contribution in [-0.4, -0.2) is 42.8 Å². The van der Waals surface area contributed by atoms with E-state index in [9.17, 15) is 4.79 Å². The molecule has 1 aromatic rings. The van der Waals surface area contributed by atoms with Crippen molar-refractivity contribution in [3.8, 4) is 0 Å². The molecule has 1 heterocycles. The molecule has 23 heavy (non-hydrogen) atoms. The average molecular weight is 448 g/mol. The molecule has 0 radical (unpaired) electrons. The highest BCUT2D eigenvalue weighted by Gasteiger charge is 2.26. The first-order valence-corrected chi connectivity index (χ1v) is 9.55. The summed E-state index contributed by atoms with van der Waals surface area (Å²) >= 11 is 6.81. The highest BCUT2D eigenvalue weighted by molar-refractivity contribution is 14.1. The summed E-state index contributed by atoms with van der Waals surface area (Å²) in [7, 11) is 0. The fourth-order valence-electron chi connectivity index (χ4n) is 2.54. The minimum atomic E-state index is -0.442. The van der Waals surface area contributed by atoms with Crippen LogP contribution in [0.5, 0.6) is 0 Å². The van der Waals surface area contributed by atoms with E-state index in [1.807, 2.05) is 20.8 Å². The van der Waals surface area contributed by atoms with Gasteiger partial charge in [-0.15, -0.1) is 0 Å². The Labute approximate surface area is 158 Å². The van der Waals surface area contributed by atoms with Crippen LogP contribution in [0.15, 0.2) is 12.1 Å². The van der Waals surface area contributed by atoms with Crippen molar-refractivity contribution >= 4 is 47.0 Å². The highest BCUT2D eigenvalue weighted by Crippen LogP contribution is 2.27. The van der Waals surface area contributed by atoms with Crippen LogP contribution < -0.4 is 4.90 Å². The number of amides is 1. The normalized spacial score (nSPS) is 15.7. The minimum absolute atomic E-state index is 0.216. The number of rotatable bonds is 2. The summed E-state index contributed by atoms with van der Waals surface area (Å²) in [5.74, 6) is 0.744. The number of carbonyl (C=O) groups excluding carboxylic acids is 1. The first kappa shape index (κ1) is 18.7. The summed E-state index contributed by atoms with van der Waals surface area (Å²) in [6.07, 6.45) is -0.216. The first-order valence-electron chi connectivity index (χ1n) is 7.84. The summed E-state index contributed by atoms with van der Waals surface area (Å²) in [6, 6.07) is 4.43. The Balaban J connectivity index is 2.02. The van der Waals surface area contributed by atoms with Gasteiger partial charge in [0.15, 0.2) is 0 Å². The summed E-state index contributed by atoms with van der Waals surface area (Å²) in [6.45, 7) is 10.9. The van der Waals surface area contributed by atoms with Crippen molar-refractivity contribution in [3.63, 3.8) is 0 Å². The Morgan fingerprint density at radius 3 is 2.39 bits per heavy atom. The van der Waals surface area contributed by atoms with Gasteiger partial charge in [-0.05, 0) is 73.5 Å². The molecular formula is C17H25IN2O2S. The topological polar surface area (TPSA) is 32.8 Å². The molecule has 4 nitrogen and oxygen atoms in total. The molecule has 6 heteroatoms. The second-order valence-electron chi connectivity index (χ2n) is 6.82. The monoisotopic (exact) mass is 448 g/mol. The van der Waals surface area contributed by atoms with Gasteiger partial charge in [0.25, 0.3) is 0 Å². The molecular weight excluding hydrogens is 423 g/mol. The number of benzene rings is 1. The van der Waals surface area contributed by atoms with Gasteiger partial charge >= 0.3 is 6.09 Å². The molecule has 1 fully saturated rings. The van der Waals surface area contributed by atoms with Crippen LogP contribution in [0.3, 0.4) is 0 Å². The fourth-order valence-corrected chi connectivity index (χ4v) is 3.53. The van der Waals surface area contributed by atoms with Gasteiger partial charge in [-0.3, -0.25) is 0 Å². The highest BCUT2D eigenvalue weighted by atomic mass is 127. The van der Waals surface area contributed by atoms with Gasteiger partial charge in [0.2, 0.25) is 0 Å². The Morgan fingerprint density at radius 1 is 1.26 bits per heavy atom. The van der Waals surface area contributed by atoms with E-state index < -0.39 is 5.60 Å². The van der Waals surface area contributed by atoms with Gasteiger partial charge in [-0.1, -0.05) is 0 Å². The van der Waals surface area contributed by atoms with E-state index in [-0.39, 0.29) is 6.09 Å². The van der Waals surface area contributed by atoms with Crippen LogP contribution in [0.1, 0.15) is 31.9 Å². The third-order valence-corrected chi connectivity index (χ3v) is 5.36.